The number of anilines is 1. The van der Waals surface area contributed by atoms with Crippen LogP contribution in [0.15, 0.2) is 16.6 Å². The normalized spacial score (nSPS) is 10.9. The van der Waals surface area contributed by atoms with E-state index in [1.165, 1.54) is 16.6 Å². The highest BCUT2D eigenvalue weighted by molar-refractivity contribution is 7.99. The Bertz CT molecular complexity index is 1200. The standard InChI is InChI=1S/C22H26N4O5S3/c1-6-26-18(14-9-12(4)32-10-14)24-25-22(26)33-11-15(27)23-19-16(20(28)30-7-2)13(5)17(34-19)21(29)31-8-3/h9-10H,6-8,11H2,1-5H3,(H,23,27). The van der Waals surface area contributed by atoms with Crippen molar-refractivity contribution in [2.45, 2.75) is 46.3 Å². The highest BCUT2D eigenvalue weighted by Crippen LogP contribution is 2.35. The largest absolute Gasteiger partial charge is 0.462 e. The molecule has 0 radical (unpaired) electrons. The molecule has 1 N–H and O–H groups in total. The Hall–Kier alpha value is -2.70. The molecule has 0 spiro atoms. The molecular weight excluding hydrogens is 496 g/mol. The van der Waals surface area contributed by atoms with Crippen LogP contribution in [0.25, 0.3) is 11.4 Å². The third kappa shape index (κ3) is 5.68. The maximum Gasteiger partial charge on any atom is 0.348 e. The van der Waals surface area contributed by atoms with Crippen LogP contribution in [0.5, 0.6) is 0 Å². The smallest absolute Gasteiger partial charge is 0.348 e. The summed E-state index contributed by atoms with van der Waals surface area (Å²) in [5.41, 5.74) is 1.58. The molecule has 0 aliphatic heterocycles. The number of thiophene rings is 2. The van der Waals surface area contributed by atoms with Gasteiger partial charge in [-0.15, -0.1) is 32.9 Å². The average molecular weight is 523 g/mol. The predicted octanol–water partition coefficient (Wildman–Crippen LogP) is 4.79. The molecule has 0 atom stereocenters. The predicted molar refractivity (Wildman–Crippen MR) is 134 cm³/mol. The van der Waals surface area contributed by atoms with Gasteiger partial charge in [0.15, 0.2) is 11.0 Å². The molecule has 34 heavy (non-hydrogen) atoms. The van der Waals surface area contributed by atoms with E-state index in [-0.39, 0.29) is 40.3 Å². The molecule has 0 bridgehead atoms. The van der Waals surface area contributed by atoms with Gasteiger partial charge in [0, 0.05) is 22.4 Å². The first kappa shape index (κ1) is 25.9. The van der Waals surface area contributed by atoms with Crippen LogP contribution < -0.4 is 5.32 Å². The van der Waals surface area contributed by atoms with Crippen LogP contribution >= 0.6 is 34.4 Å². The zero-order valence-electron chi connectivity index (χ0n) is 19.6. The Balaban J connectivity index is 1.77. The first-order valence-corrected chi connectivity index (χ1v) is 13.4. The molecule has 0 saturated heterocycles. The molecule has 182 valence electrons. The second kappa shape index (κ2) is 11.6. The number of carbonyl (C=O) groups excluding carboxylic acids is 3. The van der Waals surface area contributed by atoms with Gasteiger partial charge < -0.3 is 19.4 Å². The Morgan fingerprint density at radius 2 is 1.79 bits per heavy atom. The van der Waals surface area contributed by atoms with E-state index in [1.807, 2.05) is 23.8 Å². The summed E-state index contributed by atoms with van der Waals surface area (Å²) in [6.45, 7) is 10.1. The molecule has 3 aromatic rings. The minimum absolute atomic E-state index is 0.0503. The molecule has 0 aliphatic rings. The summed E-state index contributed by atoms with van der Waals surface area (Å²) < 4.78 is 12.2. The first-order chi connectivity index (χ1) is 16.3. The van der Waals surface area contributed by atoms with E-state index in [1.54, 1.807) is 32.1 Å². The van der Waals surface area contributed by atoms with Gasteiger partial charge >= 0.3 is 11.9 Å². The van der Waals surface area contributed by atoms with E-state index in [4.69, 9.17) is 9.47 Å². The Kier molecular flexibility index (Phi) is 8.86. The first-order valence-electron chi connectivity index (χ1n) is 10.7. The van der Waals surface area contributed by atoms with Gasteiger partial charge in [-0.25, -0.2) is 9.59 Å². The summed E-state index contributed by atoms with van der Waals surface area (Å²) in [6, 6.07) is 2.05. The fourth-order valence-electron chi connectivity index (χ4n) is 3.19. The topological polar surface area (TPSA) is 112 Å². The molecule has 0 saturated carbocycles. The summed E-state index contributed by atoms with van der Waals surface area (Å²) in [4.78, 5) is 39.0. The van der Waals surface area contributed by atoms with Crippen LogP contribution in [-0.2, 0) is 20.8 Å². The summed E-state index contributed by atoms with van der Waals surface area (Å²) in [5, 5.41) is 14.2. The van der Waals surface area contributed by atoms with Crippen LogP contribution in [0.3, 0.4) is 0 Å². The molecular formula is C22H26N4O5S3. The lowest BCUT2D eigenvalue weighted by atomic mass is 10.1. The van der Waals surface area contributed by atoms with Crippen molar-refractivity contribution in [1.82, 2.24) is 14.8 Å². The molecule has 0 aliphatic carbocycles. The number of esters is 2. The van der Waals surface area contributed by atoms with Gasteiger partial charge in [0.25, 0.3) is 0 Å². The molecule has 9 nitrogen and oxygen atoms in total. The number of aromatic nitrogens is 3. The molecule has 12 heteroatoms. The number of rotatable bonds is 10. The van der Waals surface area contributed by atoms with Crippen molar-refractivity contribution < 1.29 is 23.9 Å². The van der Waals surface area contributed by atoms with E-state index >= 15 is 0 Å². The lowest BCUT2D eigenvalue weighted by Crippen LogP contribution is -2.17. The Morgan fingerprint density at radius 1 is 1.09 bits per heavy atom. The van der Waals surface area contributed by atoms with Gasteiger partial charge in [0.2, 0.25) is 5.91 Å². The van der Waals surface area contributed by atoms with Crippen LogP contribution in [0.2, 0.25) is 0 Å². The quantitative estimate of drug-likeness (QED) is 0.299. The molecule has 3 aromatic heterocycles. The minimum Gasteiger partial charge on any atom is -0.462 e. The van der Waals surface area contributed by atoms with Gasteiger partial charge in [-0.2, -0.15) is 0 Å². The highest BCUT2D eigenvalue weighted by Gasteiger charge is 2.27. The van der Waals surface area contributed by atoms with E-state index in [0.717, 1.165) is 22.7 Å². The van der Waals surface area contributed by atoms with E-state index < -0.39 is 11.9 Å². The number of carbonyl (C=O) groups is 3. The highest BCUT2D eigenvalue weighted by atomic mass is 32.2. The van der Waals surface area contributed by atoms with Gasteiger partial charge in [-0.05, 0) is 46.2 Å². The van der Waals surface area contributed by atoms with E-state index in [9.17, 15) is 14.4 Å². The van der Waals surface area contributed by atoms with Gasteiger partial charge in [0.1, 0.15) is 9.88 Å². The van der Waals surface area contributed by atoms with E-state index in [2.05, 4.69) is 21.6 Å². The number of aryl methyl sites for hydroxylation is 1. The summed E-state index contributed by atoms with van der Waals surface area (Å²) >= 11 is 3.89. The number of ether oxygens (including phenoxy) is 2. The van der Waals surface area contributed by atoms with Crippen LogP contribution in [0, 0.1) is 13.8 Å². The maximum absolute atomic E-state index is 12.8. The molecule has 3 heterocycles. The average Bonchev–Trinajstić information content (AvgIpc) is 3.49. The fourth-order valence-corrected chi connectivity index (χ4v) is 5.78. The molecule has 0 unspecified atom stereocenters. The van der Waals surface area contributed by atoms with Crippen LogP contribution in [-0.4, -0.2) is 51.6 Å². The molecule has 0 aromatic carbocycles. The van der Waals surface area contributed by atoms with E-state index in [0.29, 0.717) is 17.3 Å². The fraction of sp³-hybridized carbons (Fsp3) is 0.409. The van der Waals surface area contributed by atoms with Gasteiger partial charge in [0.05, 0.1) is 24.5 Å². The number of hydrogen-bond donors (Lipinski definition) is 1. The van der Waals surface area contributed by atoms with Crippen molar-refractivity contribution in [3.8, 4) is 11.4 Å². The van der Waals surface area contributed by atoms with Crippen molar-refractivity contribution >= 4 is 57.3 Å². The summed E-state index contributed by atoms with van der Waals surface area (Å²) in [7, 11) is 0. The zero-order chi connectivity index (χ0) is 24.8. The maximum atomic E-state index is 12.8. The number of nitrogens with zero attached hydrogens (tertiary/aromatic N) is 3. The molecule has 0 fully saturated rings. The SMILES string of the molecule is CCOC(=O)c1sc(NC(=O)CSc2nnc(-c3csc(C)c3)n2CC)c(C(=O)OCC)c1C. The molecule has 3 rings (SSSR count). The van der Waals surface area contributed by atoms with Crippen molar-refractivity contribution in [2.24, 2.45) is 0 Å². The van der Waals surface area contributed by atoms with Crippen LogP contribution in [0.4, 0.5) is 5.00 Å². The lowest BCUT2D eigenvalue weighted by molar-refractivity contribution is -0.113. The van der Waals surface area contributed by atoms with Crippen molar-refractivity contribution in [2.75, 3.05) is 24.3 Å². The second-order valence-corrected chi connectivity index (χ2v) is 10.1. The third-order valence-corrected chi connectivity index (χ3v) is 7.71. The summed E-state index contributed by atoms with van der Waals surface area (Å²) in [5.74, 6) is -0.679. The van der Waals surface area contributed by atoms with Crippen molar-refractivity contribution in [1.29, 1.82) is 0 Å². The Labute approximate surface area is 209 Å². The van der Waals surface area contributed by atoms with Crippen molar-refractivity contribution in [3.05, 3.63) is 32.3 Å². The van der Waals surface area contributed by atoms with Gasteiger partial charge in [-0.3, -0.25) is 4.79 Å². The summed E-state index contributed by atoms with van der Waals surface area (Å²) in [6.07, 6.45) is 0. The number of hydrogen-bond acceptors (Lipinski definition) is 10. The van der Waals surface area contributed by atoms with Gasteiger partial charge in [-0.1, -0.05) is 11.8 Å². The third-order valence-electron chi connectivity index (χ3n) is 4.69. The monoisotopic (exact) mass is 522 g/mol. The Morgan fingerprint density at radius 3 is 2.41 bits per heavy atom. The molecule has 1 amide bonds. The number of thioether (sulfide) groups is 1. The number of amides is 1. The lowest BCUT2D eigenvalue weighted by Gasteiger charge is -2.08. The van der Waals surface area contributed by atoms with Crippen LogP contribution in [0.1, 0.15) is 51.2 Å². The number of nitrogens with one attached hydrogen (secondary N) is 1. The zero-order valence-corrected chi connectivity index (χ0v) is 22.0. The minimum atomic E-state index is -0.601. The second-order valence-electron chi connectivity index (χ2n) is 7.03. The van der Waals surface area contributed by atoms with Crippen molar-refractivity contribution in [3.63, 3.8) is 0 Å².